The molecule has 1 amide bonds. The SMILES string of the molecule is CC(=O)N1CCN(CC(=O)[C@H]2CC[C@H]3[C@@H]4CC[C@@H]5C[C@@H](C)CC[C@@H]5[C@H]4CC[C@]23C)CC1. The van der Waals surface area contributed by atoms with Gasteiger partial charge in [-0.25, -0.2) is 0 Å². The maximum absolute atomic E-state index is 13.5. The number of piperazine rings is 1. The summed E-state index contributed by atoms with van der Waals surface area (Å²) >= 11 is 0. The first-order valence-corrected chi connectivity index (χ1v) is 13.4. The number of nitrogens with zero attached hydrogens (tertiary/aromatic N) is 2. The number of Topliss-reactive ketones (excluding diaryl/α,β-unsaturated/α-hetero) is 1. The predicted molar refractivity (Wildman–Crippen MR) is 123 cm³/mol. The minimum absolute atomic E-state index is 0.163. The highest BCUT2D eigenvalue weighted by Crippen LogP contribution is 2.64. The molecule has 4 aliphatic carbocycles. The Balaban J connectivity index is 1.22. The Morgan fingerprint density at radius 3 is 2.35 bits per heavy atom. The number of hydrogen-bond donors (Lipinski definition) is 0. The van der Waals surface area contributed by atoms with Gasteiger partial charge in [-0.05, 0) is 92.3 Å². The first-order chi connectivity index (χ1) is 14.9. The second-order valence-corrected chi connectivity index (χ2v) is 12.3. The van der Waals surface area contributed by atoms with Crippen LogP contribution in [-0.4, -0.2) is 54.2 Å². The molecule has 0 aromatic carbocycles. The van der Waals surface area contributed by atoms with Crippen LogP contribution in [-0.2, 0) is 9.59 Å². The molecule has 5 aliphatic rings. The van der Waals surface area contributed by atoms with E-state index in [0.717, 1.165) is 68.1 Å². The van der Waals surface area contributed by atoms with Crippen molar-refractivity contribution in [1.29, 1.82) is 0 Å². The number of hydrogen-bond acceptors (Lipinski definition) is 3. The lowest BCUT2D eigenvalue weighted by Gasteiger charge is -2.56. The van der Waals surface area contributed by atoms with E-state index in [9.17, 15) is 9.59 Å². The summed E-state index contributed by atoms with van der Waals surface area (Å²) in [5.74, 6) is 6.51. The molecular formula is C27H44N2O2. The summed E-state index contributed by atoms with van der Waals surface area (Å²) in [5.41, 5.74) is 0.244. The molecule has 4 saturated carbocycles. The molecule has 0 aromatic heterocycles. The summed E-state index contributed by atoms with van der Waals surface area (Å²) in [7, 11) is 0. The van der Waals surface area contributed by atoms with Gasteiger partial charge in [0.25, 0.3) is 0 Å². The molecule has 31 heavy (non-hydrogen) atoms. The maximum Gasteiger partial charge on any atom is 0.219 e. The van der Waals surface area contributed by atoms with Crippen molar-refractivity contribution >= 4 is 11.7 Å². The Hall–Kier alpha value is -0.900. The number of rotatable bonds is 3. The van der Waals surface area contributed by atoms with E-state index in [2.05, 4.69) is 18.7 Å². The molecule has 1 saturated heterocycles. The lowest BCUT2D eigenvalue weighted by atomic mass is 9.49. The minimum Gasteiger partial charge on any atom is -0.340 e. The van der Waals surface area contributed by atoms with E-state index in [4.69, 9.17) is 0 Å². The molecule has 174 valence electrons. The summed E-state index contributed by atoms with van der Waals surface area (Å²) in [6, 6.07) is 0. The van der Waals surface area contributed by atoms with Gasteiger partial charge in [-0.15, -0.1) is 0 Å². The lowest BCUT2D eigenvalue weighted by Crippen LogP contribution is -2.52. The second-order valence-electron chi connectivity index (χ2n) is 12.3. The third-order valence-electron chi connectivity index (χ3n) is 10.8. The van der Waals surface area contributed by atoms with Crippen LogP contribution >= 0.6 is 0 Å². The fourth-order valence-electron chi connectivity index (χ4n) is 9.17. The van der Waals surface area contributed by atoms with Gasteiger partial charge in [0.15, 0.2) is 0 Å². The van der Waals surface area contributed by atoms with Crippen LogP contribution in [0.25, 0.3) is 0 Å². The second kappa shape index (κ2) is 8.47. The number of carbonyl (C=O) groups is 2. The average Bonchev–Trinajstić information content (AvgIpc) is 3.11. The first kappa shape index (κ1) is 21.9. The van der Waals surface area contributed by atoms with E-state index in [0.29, 0.717) is 12.3 Å². The summed E-state index contributed by atoms with van der Waals surface area (Å²) in [6.07, 6.45) is 12.4. The number of amides is 1. The molecule has 8 atom stereocenters. The molecule has 0 unspecified atom stereocenters. The highest BCUT2D eigenvalue weighted by molar-refractivity contribution is 5.84. The molecule has 5 fully saturated rings. The Bertz CT molecular complexity index is 699. The van der Waals surface area contributed by atoms with Crippen LogP contribution < -0.4 is 0 Å². The van der Waals surface area contributed by atoms with Crippen LogP contribution in [0.4, 0.5) is 0 Å². The summed E-state index contributed by atoms with van der Waals surface area (Å²) in [4.78, 5) is 29.3. The molecule has 0 aromatic rings. The predicted octanol–water partition coefficient (Wildman–Crippen LogP) is 4.62. The zero-order valence-electron chi connectivity index (χ0n) is 20.2. The van der Waals surface area contributed by atoms with E-state index >= 15 is 0 Å². The van der Waals surface area contributed by atoms with Gasteiger partial charge in [-0.2, -0.15) is 0 Å². The van der Waals surface area contributed by atoms with Gasteiger partial charge in [0.05, 0.1) is 6.54 Å². The van der Waals surface area contributed by atoms with E-state index in [1.54, 1.807) is 6.92 Å². The summed E-state index contributed by atoms with van der Waals surface area (Å²) in [5, 5.41) is 0. The van der Waals surface area contributed by atoms with Crippen molar-refractivity contribution in [3.8, 4) is 0 Å². The molecule has 0 spiro atoms. The molecule has 1 heterocycles. The Kier molecular flexibility index (Phi) is 5.99. The van der Waals surface area contributed by atoms with Crippen molar-refractivity contribution in [1.82, 2.24) is 9.80 Å². The van der Waals surface area contributed by atoms with E-state index in [-0.39, 0.29) is 17.2 Å². The third kappa shape index (κ3) is 3.89. The zero-order chi connectivity index (χ0) is 21.8. The molecular weight excluding hydrogens is 384 g/mol. The molecule has 4 nitrogen and oxygen atoms in total. The van der Waals surface area contributed by atoms with Gasteiger partial charge in [-0.3, -0.25) is 14.5 Å². The van der Waals surface area contributed by atoms with Crippen LogP contribution in [0.15, 0.2) is 0 Å². The average molecular weight is 429 g/mol. The van der Waals surface area contributed by atoms with Crippen molar-refractivity contribution in [3.63, 3.8) is 0 Å². The fourth-order valence-corrected chi connectivity index (χ4v) is 9.17. The van der Waals surface area contributed by atoms with Crippen LogP contribution in [0, 0.1) is 46.8 Å². The summed E-state index contributed by atoms with van der Waals surface area (Å²) < 4.78 is 0. The molecule has 5 rings (SSSR count). The van der Waals surface area contributed by atoms with Gasteiger partial charge in [-0.1, -0.05) is 20.3 Å². The molecule has 1 aliphatic heterocycles. The van der Waals surface area contributed by atoms with Crippen LogP contribution in [0.5, 0.6) is 0 Å². The molecule has 0 N–H and O–H groups in total. The lowest BCUT2D eigenvalue weighted by molar-refractivity contribution is -0.133. The van der Waals surface area contributed by atoms with Crippen molar-refractivity contribution in [2.75, 3.05) is 32.7 Å². The zero-order valence-corrected chi connectivity index (χ0v) is 20.2. The molecule has 4 heteroatoms. The Labute approximate surface area is 189 Å². The monoisotopic (exact) mass is 428 g/mol. The Morgan fingerprint density at radius 1 is 0.871 bits per heavy atom. The van der Waals surface area contributed by atoms with Gasteiger partial charge in [0.2, 0.25) is 5.91 Å². The van der Waals surface area contributed by atoms with E-state index in [1.165, 1.54) is 51.4 Å². The first-order valence-electron chi connectivity index (χ1n) is 13.4. The Morgan fingerprint density at radius 2 is 1.61 bits per heavy atom. The van der Waals surface area contributed by atoms with Gasteiger partial charge in [0.1, 0.15) is 5.78 Å². The normalized spacial score (nSPS) is 45.5. The van der Waals surface area contributed by atoms with E-state index in [1.807, 2.05) is 4.90 Å². The topological polar surface area (TPSA) is 40.6 Å². The van der Waals surface area contributed by atoms with Gasteiger partial charge in [0, 0.05) is 39.0 Å². The number of fused-ring (bicyclic) bond motifs is 5. The van der Waals surface area contributed by atoms with Gasteiger partial charge < -0.3 is 4.90 Å². The molecule has 0 radical (unpaired) electrons. The number of carbonyl (C=O) groups excluding carboxylic acids is 2. The quantitative estimate of drug-likeness (QED) is 0.658. The third-order valence-corrected chi connectivity index (χ3v) is 10.8. The van der Waals surface area contributed by atoms with Crippen molar-refractivity contribution in [3.05, 3.63) is 0 Å². The van der Waals surface area contributed by atoms with E-state index < -0.39 is 0 Å². The highest BCUT2D eigenvalue weighted by atomic mass is 16.2. The van der Waals surface area contributed by atoms with Crippen molar-refractivity contribution in [2.45, 2.75) is 78.6 Å². The van der Waals surface area contributed by atoms with Crippen LogP contribution in [0.1, 0.15) is 78.6 Å². The van der Waals surface area contributed by atoms with Crippen molar-refractivity contribution < 1.29 is 9.59 Å². The largest absolute Gasteiger partial charge is 0.340 e. The van der Waals surface area contributed by atoms with Gasteiger partial charge >= 0.3 is 0 Å². The summed E-state index contributed by atoms with van der Waals surface area (Å²) in [6.45, 7) is 10.5. The standard InChI is InChI=1S/C27H44N2O2/c1-18-4-6-21-20(16-18)5-7-23-22(21)10-11-27(3)24(23)8-9-25(27)26(31)17-28-12-14-29(15-13-28)19(2)30/h18,20-25H,4-17H2,1-3H3/t18-,20+,21-,22+,23+,24-,25+,27-/m0/s1. The van der Waals surface area contributed by atoms with Crippen molar-refractivity contribution in [2.24, 2.45) is 46.8 Å². The maximum atomic E-state index is 13.5. The number of ketones is 1. The van der Waals surface area contributed by atoms with Crippen LogP contribution in [0.3, 0.4) is 0 Å². The minimum atomic E-state index is 0.163. The molecule has 0 bridgehead atoms. The highest BCUT2D eigenvalue weighted by Gasteiger charge is 2.58. The smallest absolute Gasteiger partial charge is 0.219 e. The fraction of sp³-hybridized carbons (Fsp3) is 0.926. The van der Waals surface area contributed by atoms with Crippen LogP contribution in [0.2, 0.25) is 0 Å².